The van der Waals surface area contributed by atoms with Crippen LogP contribution in [-0.2, 0) is 4.74 Å². The molecule has 0 saturated carbocycles. The Labute approximate surface area is 142 Å². The van der Waals surface area contributed by atoms with Crippen molar-refractivity contribution in [3.8, 4) is 0 Å². The van der Waals surface area contributed by atoms with Crippen LogP contribution in [-0.4, -0.2) is 53.2 Å². The van der Waals surface area contributed by atoms with Gasteiger partial charge in [-0.3, -0.25) is 0 Å². The molecule has 2 rings (SSSR count). The number of anilines is 1. The standard InChI is InChI=1S/C16H25ClN4O2/c1-16(2,3)23-15(22)21-7-5-6-12(10-21)9-20(4)14-8-13(17)18-11-19-14/h8,11-12H,5-7,9-10H2,1-4H3. The lowest BCUT2D eigenvalue weighted by Gasteiger charge is -2.35. The second-order valence-electron chi connectivity index (χ2n) is 7.01. The summed E-state index contributed by atoms with van der Waals surface area (Å²) in [5, 5.41) is 0.431. The van der Waals surface area contributed by atoms with E-state index in [0.717, 1.165) is 31.7 Å². The van der Waals surface area contributed by atoms with Crippen LogP contribution in [0.5, 0.6) is 0 Å². The minimum atomic E-state index is -0.460. The lowest BCUT2D eigenvalue weighted by atomic mass is 9.98. The zero-order valence-corrected chi connectivity index (χ0v) is 15.0. The van der Waals surface area contributed by atoms with Crippen LogP contribution in [0.3, 0.4) is 0 Å². The number of likely N-dealkylation sites (tertiary alicyclic amines) is 1. The van der Waals surface area contributed by atoms with Crippen LogP contribution in [0.4, 0.5) is 10.6 Å². The largest absolute Gasteiger partial charge is 0.444 e. The maximum absolute atomic E-state index is 12.2. The van der Waals surface area contributed by atoms with Gasteiger partial charge < -0.3 is 14.5 Å². The number of carbonyl (C=O) groups is 1. The van der Waals surface area contributed by atoms with Gasteiger partial charge in [0.2, 0.25) is 0 Å². The minimum Gasteiger partial charge on any atom is -0.444 e. The molecule has 23 heavy (non-hydrogen) atoms. The number of ether oxygens (including phenoxy) is 1. The quantitative estimate of drug-likeness (QED) is 0.791. The molecule has 0 N–H and O–H groups in total. The Morgan fingerprint density at radius 2 is 2.22 bits per heavy atom. The summed E-state index contributed by atoms with van der Waals surface area (Å²) in [5.41, 5.74) is -0.460. The Kier molecular flexibility index (Phi) is 5.68. The number of carbonyl (C=O) groups excluding carboxylic acids is 1. The molecule has 1 saturated heterocycles. The van der Waals surface area contributed by atoms with Gasteiger partial charge in [0.15, 0.2) is 0 Å². The summed E-state index contributed by atoms with van der Waals surface area (Å²) in [7, 11) is 1.98. The fourth-order valence-electron chi connectivity index (χ4n) is 2.72. The molecular formula is C16H25ClN4O2. The van der Waals surface area contributed by atoms with Gasteiger partial charge in [-0.05, 0) is 39.5 Å². The SMILES string of the molecule is CN(CC1CCCN(C(=O)OC(C)(C)C)C1)c1cc(Cl)ncn1. The van der Waals surface area contributed by atoms with Gasteiger partial charge in [0.25, 0.3) is 0 Å². The Hall–Kier alpha value is -1.56. The van der Waals surface area contributed by atoms with Gasteiger partial charge in [0, 0.05) is 32.7 Å². The second-order valence-corrected chi connectivity index (χ2v) is 7.40. The van der Waals surface area contributed by atoms with E-state index in [9.17, 15) is 4.79 Å². The molecule has 1 atom stereocenters. The van der Waals surface area contributed by atoms with Crippen molar-refractivity contribution < 1.29 is 9.53 Å². The number of halogens is 1. The highest BCUT2D eigenvalue weighted by Gasteiger charge is 2.28. The van der Waals surface area contributed by atoms with Gasteiger partial charge in [0.05, 0.1) is 0 Å². The molecule has 1 aliphatic heterocycles. The Balaban J connectivity index is 1.92. The van der Waals surface area contributed by atoms with Gasteiger partial charge in [-0.2, -0.15) is 0 Å². The first kappa shape index (κ1) is 17.8. The molecule has 7 heteroatoms. The number of rotatable bonds is 3. The van der Waals surface area contributed by atoms with E-state index in [-0.39, 0.29) is 6.09 Å². The number of aromatic nitrogens is 2. The molecule has 0 aliphatic carbocycles. The highest BCUT2D eigenvalue weighted by molar-refractivity contribution is 6.29. The maximum Gasteiger partial charge on any atom is 0.410 e. The number of hydrogen-bond acceptors (Lipinski definition) is 5. The first-order chi connectivity index (χ1) is 10.7. The third-order valence-corrected chi connectivity index (χ3v) is 3.92. The summed E-state index contributed by atoms with van der Waals surface area (Å²) >= 11 is 5.91. The molecule has 0 aromatic carbocycles. The summed E-state index contributed by atoms with van der Waals surface area (Å²) in [6.07, 6.45) is 3.31. The number of piperidine rings is 1. The molecule has 1 aliphatic rings. The van der Waals surface area contributed by atoms with Gasteiger partial charge >= 0.3 is 6.09 Å². The molecule has 2 heterocycles. The Morgan fingerprint density at radius 1 is 1.48 bits per heavy atom. The molecule has 1 unspecified atom stereocenters. The zero-order valence-electron chi connectivity index (χ0n) is 14.3. The van der Waals surface area contributed by atoms with Gasteiger partial charge in [-0.25, -0.2) is 14.8 Å². The summed E-state index contributed by atoms with van der Waals surface area (Å²) in [5.74, 6) is 1.18. The van der Waals surface area contributed by atoms with E-state index in [0.29, 0.717) is 17.6 Å². The molecule has 1 aromatic heterocycles. The first-order valence-electron chi connectivity index (χ1n) is 7.91. The van der Waals surface area contributed by atoms with Gasteiger partial charge in [-0.15, -0.1) is 0 Å². The van der Waals surface area contributed by atoms with Crippen LogP contribution in [0.2, 0.25) is 5.15 Å². The van der Waals surface area contributed by atoms with E-state index in [1.165, 1.54) is 6.33 Å². The molecule has 1 fully saturated rings. The normalized spacial score (nSPS) is 18.7. The summed E-state index contributed by atoms with van der Waals surface area (Å²) in [6.45, 7) is 7.94. The smallest absolute Gasteiger partial charge is 0.410 e. The van der Waals surface area contributed by atoms with Gasteiger partial charge in [0.1, 0.15) is 22.9 Å². The van der Waals surface area contributed by atoms with E-state index in [2.05, 4.69) is 14.9 Å². The van der Waals surface area contributed by atoms with Gasteiger partial charge in [-0.1, -0.05) is 11.6 Å². The predicted octanol–water partition coefficient (Wildman–Crippen LogP) is 3.21. The molecule has 0 bridgehead atoms. The fraction of sp³-hybridized carbons (Fsp3) is 0.688. The lowest BCUT2D eigenvalue weighted by molar-refractivity contribution is 0.0170. The second kappa shape index (κ2) is 7.34. The van der Waals surface area contributed by atoms with Crippen molar-refractivity contribution in [3.63, 3.8) is 0 Å². The van der Waals surface area contributed by atoms with Crippen molar-refractivity contribution in [2.24, 2.45) is 5.92 Å². The molecule has 1 aromatic rings. The average molecular weight is 341 g/mol. The van der Waals surface area contributed by atoms with Crippen LogP contribution in [0.1, 0.15) is 33.6 Å². The van der Waals surface area contributed by atoms with E-state index in [1.807, 2.05) is 27.8 Å². The van der Waals surface area contributed by atoms with Crippen molar-refractivity contribution in [1.82, 2.24) is 14.9 Å². The summed E-state index contributed by atoms with van der Waals surface area (Å²) < 4.78 is 5.47. The number of amides is 1. The number of hydrogen-bond donors (Lipinski definition) is 0. The van der Waals surface area contributed by atoms with Crippen LogP contribution in [0.15, 0.2) is 12.4 Å². The number of nitrogens with zero attached hydrogens (tertiary/aromatic N) is 4. The van der Waals surface area contributed by atoms with Crippen molar-refractivity contribution >= 4 is 23.5 Å². The summed E-state index contributed by atoms with van der Waals surface area (Å²) in [4.78, 5) is 24.2. The monoisotopic (exact) mass is 340 g/mol. The maximum atomic E-state index is 12.2. The molecular weight excluding hydrogens is 316 g/mol. The van der Waals surface area contributed by atoms with E-state index < -0.39 is 5.60 Å². The third kappa shape index (κ3) is 5.53. The van der Waals surface area contributed by atoms with Crippen LogP contribution in [0, 0.1) is 5.92 Å². The summed E-state index contributed by atoms with van der Waals surface area (Å²) in [6, 6.07) is 1.75. The third-order valence-electron chi connectivity index (χ3n) is 3.71. The Morgan fingerprint density at radius 3 is 2.87 bits per heavy atom. The van der Waals surface area contributed by atoms with Crippen molar-refractivity contribution in [2.45, 2.75) is 39.2 Å². The molecule has 6 nitrogen and oxygen atoms in total. The highest BCUT2D eigenvalue weighted by atomic mass is 35.5. The van der Waals surface area contributed by atoms with Crippen LogP contribution >= 0.6 is 11.6 Å². The van der Waals surface area contributed by atoms with Crippen LogP contribution < -0.4 is 4.90 Å². The molecule has 0 radical (unpaired) electrons. The van der Waals surface area contributed by atoms with Crippen molar-refractivity contribution in [2.75, 3.05) is 31.6 Å². The predicted molar refractivity (Wildman–Crippen MR) is 90.8 cm³/mol. The highest BCUT2D eigenvalue weighted by Crippen LogP contribution is 2.22. The first-order valence-corrected chi connectivity index (χ1v) is 8.29. The minimum absolute atomic E-state index is 0.227. The zero-order chi connectivity index (χ0) is 17.0. The topological polar surface area (TPSA) is 58.6 Å². The van der Waals surface area contributed by atoms with E-state index in [1.54, 1.807) is 11.0 Å². The van der Waals surface area contributed by atoms with E-state index >= 15 is 0 Å². The average Bonchev–Trinajstić information content (AvgIpc) is 2.45. The fourth-order valence-corrected chi connectivity index (χ4v) is 2.86. The Bertz CT molecular complexity index is 547. The van der Waals surface area contributed by atoms with Crippen molar-refractivity contribution in [3.05, 3.63) is 17.5 Å². The van der Waals surface area contributed by atoms with Crippen molar-refractivity contribution in [1.29, 1.82) is 0 Å². The molecule has 1 amide bonds. The molecule has 0 spiro atoms. The molecule has 128 valence electrons. The van der Waals surface area contributed by atoms with E-state index in [4.69, 9.17) is 16.3 Å². The van der Waals surface area contributed by atoms with Crippen LogP contribution in [0.25, 0.3) is 0 Å². The lowest BCUT2D eigenvalue weighted by Crippen LogP contribution is -2.45.